The molecule has 2 amide bonds. The predicted molar refractivity (Wildman–Crippen MR) is 160 cm³/mol. The van der Waals surface area contributed by atoms with Gasteiger partial charge in [0.25, 0.3) is 0 Å². The number of nitrogens with zero attached hydrogens (tertiary/aromatic N) is 2. The van der Waals surface area contributed by atoms with Crippen molar-refractivity contribution in [2.75, 3.05) is 17.1 Å². The van der Waals surface area contributed by atoms with Crippen LogP contribution < -0.4 is 9.62 Å². The number of amides is 2. The molecule has 0 aliphatic heterocycles. The van der Waals surface area contributed by atoms with Gasteiger partial charge in [0.15, 0.2) is 0 Å². The van der Waals surface area contributed by atoms with Crippen LogP contribution in [0.25, 0.3) is 0 Å². The van der Waals surface area contributed by atoms with Crippen molar-refractivity contribution in [2.45, 2.75) is 45.3 Å². The third-order valence-corrected chi connectivity index (χ3v) is 8.54. The standard InChI is InChI=1S/C29H33BrClN3O4S/c1-4-21(2)32-29(36)27(18-22-12-6-5-7-13-22)33(19-23-14-8-10-16-25(23)31)28(35)20-34(39(3,37)38)26-17-11-9-15-24(26)30/h5-17,21,27H,4,18-20H2,1-3H3,(H,32,36)/t21-,27+/m1/s1. The minimum Gasteiger partial charge on any atom is -0.352 e. The van der Waals surface area contributed by atoms with Crippen LogP contribution in [0.2, 0.25) is 5.02 Å². The topological polar surface area (TPSA) is 86.8 Å². The molecule has 0 saturated heterocycles. The van der Waals surface area contributed by atoms with Gasteiger partial charge in [-0.2, -0.15) is 0 Å². The lowest BCUT2D eigenvalue weighted by molar-refractivity contribution is -0.140. The Morgan fingerprint density at radius 1 is 0.974 bits per heavy atom. The van der Waals surface area contributed by atoms with Gasteiger partial charge in [-0.1, -0.05) is 79.2 Å². The fourth-order valence-electron chi connectivity index (χ4n) is 4.05. The third kappa shape index (κ3) is 8.55. The van der Waals surface area contributed by atoms with Crippen molar-refractivity contribution in [2.24, 2.45) is 0 Å². The molecule has 2 atom stereocenters. The van der Waals surface area contributed by atoms with Gasteiger partial charge in [-0.3, -0.25) is 13.9 Å². The van der Waals surface area contributed by atoms with Crippen LogP contribution in [0.1, 0.15) is 31.4 Å². The molecule has 0 saturated carbocycles. The molecule has 7 nitrogen and oxygen atoms in total. The molecule has 208 valence electrons. The minimum absolute atomic E-state index is 0.0253. The number of anilines is 1. The maximum atomic E-state index is 14.1. The molecule has 0 heterocycles. The normalized spacial score (nSPS) is 12.8. The van der Waals surface area contributed by atoms with E-state index in [4.69, 9.17) is 11.6 Å². The number of halogens is 2. The zero-order chi connectivity index (χ0) is 28.6. The number of sulfonamides is 1. The number of benzene rings is 3. The maximum Gasteiger partial charge on any atom is 0.244 e. The van der Waals surface area contributed by atoms with E-state index in [9.17, 15) is 18.0 Å². The van der Waals surface area contributed by atoms with Crippen LogP contribution in [0.15, 0.2) is 83.3 Å². The van der Waals surface area contributed by atoms with E-state index in [1.54, 1.807) is 48.5 Å². The summed E-state index contributed by atoms with van der Waals surface area (Å²) in [5.41, 5.74) is 1.84. The quantitative estimate of drug-likeness (QED) is 0.288. The van der Waals surface area contributed by atoms with Crippen molar-refractivity contribution in [1.29, 1.82) is 0 Å². The number of hydrogen-bond acceptors (Lipinski definition) is 4. The first-order valence-corrected chi connectivity index (χ1v) is 15.6. The summed E-state index contributed by atoms with van der Waals surface area (Å²) in [7, 11) is -3.85. The van der Waals surface area contributed by atoms with Gasteiger partial charge < -0.3 is 10.2 Å². The Hall–Kier alpha value is -2.88. The van der Waals surface area contributed by atoms with E-state index in [-0.39, 0.29) is 24.9 Å². The highest BCUT2D eigenvalue weighted by atomic mass is 79.9. The zero-order valence-electron chi connectivity index (χ0n) is 22.2. The van der Waals surface area contributed by atoms with Crippen molar-refractivity contribution in [3.05, 3.63) is 99.5 Å². The largest absolute Gasteiger partial charge is 0.352 e. The third-order valence-electron chi connectivity index (χ3n) is 6.37. The Bertz CT molecular complexity index is 1390. The fourth-order valence-corrected chi connectivity index (χ4v) is 5.73. The molecular formula is C29H33BrClN3O4S. The lowest BCUT2D eigenvalue weighted by atomic mass is 10.0. The Kier molecular flexibility index (Phi) is 11.0. The van der Waals surface area contributed by atoms with Gasteiger partial charge in [0.2, 0.25) is 21.8 Å². The fraction of sp³-hybridized carbons (Fsp3) is 0.310. The van der Waals surface area contributed by atoms with Gasteiger partial charge in [0.1, 0.15) is 12.6 Å². The van der Waals surface area contributed by atoms with Crippen LogP contribution in [0.3, 0.4) is 0 Å². The highest BCUT2D eigenvalue weighted by Gasteiger charge is 2.34. The molecule has 0 aromatic heterocycles. The SMILES string of the molecule is CC[C@@H](C)NC(=O)[C@H](Cc1ccccc1)N(Cc1ccccc1Cl)C(=O)CN(c1ccccc1Br)S(C)(=O)=O. The number of nitrogens with one attached hydrogen (secondary N) is 1. The predicted octanol–water partition coefficient (Wildman–Crippen LogP) is 5.42. The van der Waals surface area contributed by atoms with Crippen molar-refractivity contribution < 1.29 is 18.0 Å². The number of para-hydroxylation sites is 1. The van der Waals surface area contributed by atoms with E-state index in [0.717, 1.165) is 16.1 Å². The monoisotopic (exact) mass is 633 g/mol. The number of hydrogen-bond donors (Lipinski definition) is 1. The number of rotatable bonds is 12. The highest BCUT2D eigenvalue weighted by molar-refractivity contribution is 9.10. The minimum atomic E-state index is -3.85. The first-order chi connectivity index (χ1) is 18.5. The summed E-state index contributed by atoms with van der Waals surface area (Å²) >= 11 is 9.87. The van der Waals surface area contributed by atoms with Gasteiger partial charge >= 0.3 is 0 Å². The van der Waals surface area contributed by atoms with Crippen molar-refractivity contribution in [3.63, 3.8) is 0 Å². The Labute approximate surface area is 244 Å². The lowest BCUT2D eigenvalue weighted by Crippen LogP contribution is -2.54. The summed E-state index contributed by atoms with van der Waals surface area (Å²) in [4.78, 5) is 29.2. The molecule has 1 N–H and O–H groups in total. The first-order valence-electron chi connectivity index (χ1n) is 12.6. The molecule has 0 aliphatic carbocycles. The average molecular weight is 635 g/mol. The van der Waals surface area contributed by atoms with Crippen molar-refractivity contribution >= 4 is 55.1 Å². The molecular weight excluding hydrogens is 602 g/mol. The second-order valence-electron chi connectivity index (χ2n) is 9.36. The van der Waals surface area contributed by atoms with E-state index in [1.807, 2.05) is 44.2 Å². The highest BCUT2D eigenvalue weighted by Crippen LogP contribution is 2.28. The molecule has 39 heavy (non-hydrogen) atoms. The van der Waals surface area contributed by atoms with Gasteiger partial charge in [-0.25, -0.2) is 8.42 Å². The molecule has 0 radical (unpaired) electrons. The van der Waals surface area contributed by atoms with Crippen LogP contribution in [0, 0.1) is 0 Å². The van der Waals surface area contributed by atoms with E-state index in [0.29, 0.717) is 27.2 Å². The summed E-state index contributed by atoms with van der Waals surface area (Å²) in [6.45, 7) is 3.40. The Morgan fingerprint density at radius 2 is 1.59 bits per heavy atom. The molecule has 0 fully saturated rings. The van der Waals surface area contributed by atoms with E-state index in [2.05, 4.69) is 21.2 Å². The van der Waals surface area contributed by atoms with Gasteiger partial charge in [-0.15, -0.1) is 0 Å². The van der Waals surface area contributed by atoms with Crippen molar-refractivity contribution in [1.82, 2.24) is 10.2 Å². The van der Waals surface area contributed by atoms with E-state index < -0.39 is 28.5 Å². The maximum absolute atomic E-state index is 14.1. The molecule has 3 rings (SSSR count). The van der Waals surface area contributed by atoms with E-state index in [1.165, 1.54) is 4.90 Å². The Morgan fingerprint density at radius 3 is 2.21 bits per heavy atom. The van der Waals surface area contributed by atoms with Crippen LogP contribution in [-0.2, 0) is 32.6 Å². The molecule has 3 aromatic rings. The smallest absolute Gasteiger partial charge is 0.244 e. The molecule has 3 aromatic carbocycles. The second kappa shape index (κ2) is 14.0. The van der Waals surface area contributed by atoms with E-state index >= 15 is 0 Å². The molecule has 0 unspecified atom stereocenters. The van der Waals surface area contributed by atoms with Gasteiger partial charge in [0, 0.05) is 28.5 Å². The summed E-state index contributed by atoms with van der Waals surface area (Å²) in [6, 6.07) is 22.3. The summed E-state index contributed by atoms with van der Waals surface area (Å²) < 4.78 is 27.3. The molecule has 10 heteroatoms. The Balaban J connectivity index is 2.08. The summed E-state index contributed by atoms with van der Waals surface area (Å²) in [5, 5.41) is 3.45. The summed E-state index contributed by atoms with van der Waals surface area (Å²) in [5.74, 6) is -0.850. The number of carbonyl (C=O) groups is 2. The van der Waals surface area contributed by atoms with Crippen LogP contribution in [0.5, 0.6) is 0 Å². The van der Waals surface area contributed by atoms with Crippen LogP contribution in [0.4, 0.5) is 5.69 Å². The summed E-state index contributed by atoms with van der Waals surface area (Å²) in [6.07, 6.45) is 2.01. The molecule has 0 bridgehead atoms. The zero-order valence-corrected chi connectivity index (χ0v) is 25.3. The average Bonchev–Trinajstić information content (AvgIpc) is 2.90. The van der Waals surface area contributed by atoms with Crippen LogP contribution in [-0.4, -0.2) is 50.0 Å². The van der Waals surface area contributed by atoms with Gasteiger partial charge in [-0.05, 0) is 58.6 Å². The van der Waals surface area contributed by atoms with Crippen molar-refractivity contribution in [3.8, 4) is 0 Å². The molecule has 0 spiro atoms. The lowest BCUT2D eigenvalue weighted by Gasteiger charge is -2.34. The first kappa shape index (κ1) is 30.7. The molecule has 0 aliphatic rings. The second-order valence-corrected chi connectivity index (χ2v) is 12.5. The van der Waals surface area contributed by atoms with Crippen LogP contribution >= 0.6 is 27.5 Å². The van der Waals surface area contributed by atoms with Gasteiger partial charge in [0.05, 0.1) is 11.9 Å². The number of carbonyl (C=O) groups excluding carboxylic acids is 2.